The van der Waals surface area contributed by atoms with Gasteiger partial charge in [0.25, 0.3) is 0 Å². The van der Waals surface area contributed by atoms with E-state index in [4.69, 9.17) is 0 Å². The summed E-state index contributed by atoms with van der Waals surface area (Å²) in [6, 6.07) is 0. The molecule has 0 aliphatic rings. The van der Waals surface area contributed by atoms with Gasteiger partial charge in [-0.2, -0.15) is 0 Å². The lowest BCUT2D eigenvalue weighted by Crippen LogP contribution is -2.08. The van der Waals surface area contributed by atoms with Crippen LogP contribution in [0, 0.1) is 0 Å². The Morgan fingerprint density at radius 1 is 0.609 bits per heavy atom. The smallest absolute Gasteiger partial charge is 0.324 e. The lowest BCUT2D eigenvalue weighted by Gasteiger charge is -2.18. The van der Waals surface area contributed by atoms with E-state index in [2.05, 4.69) is 13.8 Å². The van der Waals surface area contributed by atoms with E-state index in [1.165, 1.54) is 64.2 Å². The van der Waals surface area contributed by atoms with Crippen molar-refractivity contribution >= 4 is 7.60 Å². The van der Waals surface area contributed by atoms with Crippen molar-refractivity contribution in [1.82, 2.24) is 0 Å². The first-order chi connectivity index (χ1) is 11.0. The molecule has 3 nitrogen and oxygen atoms in total. The fourth-order valence-electron chi connectivity index (χ4n) is 3.15. The zero-order valence-corrected chi connectivity index (χ0v) is 16.5. The molecule has 0 aromatic rings. The number of hydrogen-bond acceptors (Lipinski definition) is 1. The van der Waals surface area contributed by atoms with Crippen LogP contribution in [0.5, 0.6) is 0 Å². The van der Waals surface area contributed by atoms with Gasteiger partial charge in [-0.05, 0) is 12.8 Å². The van der Waals surface area contributed by atoms with Gasteiger partial charge in [0, 0.05) is 0 Å². The molecule has 0 atom stereocenters. The van der Waals surface area contributed by atoms with Crippen molar-refractivity contribution in [1.29, 1.82) is 0 Å². The van der Waals surface area contributed by atoms with E-state index in [-0.39, 0.29) is 0 Å². The maximum Gasteiger partial charge on any atom is 0.328 e. The Balaban J connectivity index is 3.72. The normalized spacial score (nSPS) is 12.2. The molecule has 2 N–H and O–H groups in total. The fourth-order valence-corrected chi connectivity index (χ4v) is 4.19. The van der Waals surface area contributed by atoms with E-state index >= 15 is 0 Å². The predicted molar refractivity (Wildman–Crippen MR) is 101 cm³/mol. The summed E-state index contributed by atoms with van der Waals surface area (Å²) in [5, 5.41) is 0. The highest BCUT2D eigenvalue weighted by Crippen LogP contribution is 2.46. The number of rotatable bonds is 17. The van der Waals surface area contributed by atoms with E-state index in [0.717, 1.165) is 25.7 Å². The van der Waals surface area contributed by atoms with Crippen molar-refractivity contribution in [3.05, 3.63) is 0 Å². The SMILES string of the molecule is CCCCCCCCCC(CCCCCCCCC)P(=O)(O)O. The van der Waals surface area contributed by atoms with Crippen molar-refractivity contribution in [3.8, 4) is 0 Å². The number of hydrogen-bond donors (Lipinski definition) is 2. The molecule has 23 heavy (non-hydrogen) atoms. The zero-order valence-electron chi connectivity index (χ0n) is 15.6. The zero-order chi connectivity index (χ0) is 17.4. The molecular formula is C19H41O3P. The average molecular weight is 349 g/mol. The topological polar surface area (TPSA) is 57.5 Å². The highest BCUT2D eigenvalue weighted by atomic mass is 31.2. The molecule has 0 spiro atoms. The Morgan fingerprint density at radius 2 is 0.913 bits per heavy atom. The molecule has 0 rings (SSSR count). The van der Waals surface area contributed by atoms with Crippen LogP contribution in [-0.4, -0.2) is 15.4 Å². The van der Waals surface area contributed by atoms with Crippen molar-refractivity contribution in [2.75, 3.05) is 0 Å². The standard InChI is InChI=1S/C19H41O3P/c1-3-5-7-9-11-13-15-17-19(23(20,21)22)18-16-14-12-10-8-6-4-2/h19H,3-18H2,1-2H3,(H2,20,21,22). The fraction of sp³-hybridized carbons (Fsp3) is 1.00. The first-order valence-electron chi connectivity index (χ1n) is 10.1. The lowest BCUT2D eigenvalue weighted by atomic mass is 10.0. The Labute approximate surface area is 144 Å². The van der Waals surface area contributed by atoms with Crippen LogP contribution >= 0.6 is 7.60 Å². The third-order valence-corrected chi connectivity index (χ3v) is 6.23. The number of unbranched alkanes of at least 4 members (excludes halogenated alkanes) is 12. The summed E-state index contributed by atoms with van der Waals surface area (Å²) < 4.78 is 11.6. The lowest BCUT2D eigenvalue weighted by molar-refractivity contribution is 0.345. The van der Waals surface area contributed by atoms with Gasteiger partial charge in [-0.3, -0.25) is 4.57 Å². The van der Waals surface area contributed by atoms with E-state index in [1.54, 1.807) is 0 Å². The summed E-state index contributed by atoms with van der Waals surface area (Å²) >= 11 is 0. The molecule has 0 bridgehead atoms. The first-order valence-corrected chi connectivity index (χ1v) is 11.8. The molecule has 0 saturated heterocycles. The van der Waals surface area contributed by atoms with Gasteiger partial charge in [-0.15, -0.1) is 0 Å². The van der Waals surface area contributed by atoms with Gasteiger partial charge < -0.3 is 9.79 Å². The quantitative estimate of drug-likeness (QED) is 0.224. The molecule has 0 fully saturated rings. The Morgan fingerprint density at radius 3 is 1.22 bits per heavy atom. The molecular weight excluding hydrogens is 307 g/mol. The largest absolute Gasteiger partial charge is 0.328 e. The minimum absolute atomic E-state index is 0.395. The third-order valence-electron chi connectivity index (χ3n) is 4.76. The second kappa shape index (κ2) is 15.7. The van der Waals surface area contributed by atoms with E-state index in [1.807, 2.05) is 0 Å². The minimum atomic E-state index is -3.91. The van der Waals surface area contributed by atoms with Crippen LogP contribution in [0.15, 0.2) is 0 Å². The van der Waals surface area contributed by atoms with Crippen molar-refractivity contribution < 1.29 is 14.4 Å². The molecule has 0 aliphatic heterocycles. The van der Waals surface area contributed by atoms with E-state index in [0.29, 0.717) is 12.8 Å². The van der Waals surface area contributed by atoms with Crippen LogP contribution < -0.4 is 0 Å². The summed E-state index contributed by atoms with van der Waals surface area (Å²) in [4.78, 5) is 19.1. The Bertz CT molecular complexity index is 270. The molecule has 0 aromatic carbocycles. The van der Waals surface area contributed by atoms with Gasteiger partial charge in [0.2, 0.25) is 0 Å². The summed E-state index contributed by atoms with van der Waals surface area (Å²) in [6.45, 7) is 4.43. The highest BCUT2D eigenvalue weighted by Gasteiger charge is 2.27. The van der Waals surface area contributed by atoms with Crippen molar-refractivity contribution in [3.63, 3.8) is 0 Å². The monoisotopic (exact) mass is 348 g/mol. The third kappa shape index (κ3) is 15.4. The summed E-state index contributed by atoms with van der Waals surface area (Å²) in [5.41, 5.74) is -0.395. The molecule has 0 amide bonds. The predicted octanol–water partition coefficient (Wildman–Crippen LogP) is 6.81. The van der Waals surface area contributed by atoms with Crippen LogP contribution in [0.4, 0.5) is 0 Å². The second-order valence-electron chi connectivity index (χ2n) is 7.06. The van der Waals surface area contributed by atoms with Gasteiger partial charge in [-0.1, -0.05) is 104 Å². The average Bonchev–Trinajstić information content (AvgIpc) is 2.50. The summed E-state index contributed by atoms with van der Waals surface area (Å²) in [5.74, 6) is 0. The van der Waals surface area contributed by atoms with E-state index in [9.17, 15) is 14.4 Å². The van der Waals surface area contributed by atoms with Gasteiger partial charge in [0.15, 0.2) is 0 Å². The first kappa shape index (κ1) is 23.1. The molecule has 0 heterocycles. The van der Waals surface area contributed by atoms with E-state index < -0.39 is 13.3 Å². The van der Waals surface area contributed by atoms with Gasteiger partial charge in [0.1, 0.15) is 0 Å². The van der Waals surface area contributed by atoms with Crippen LogP contribution in [-0.2, 0) is 4.57 Å². The maximum atomic E-state index is 11.6. The van der Waals surface area contributed by atoms with Gasteiger partial charge in [0.05, 0.1) is 5.66 Å². The summed E-state index contributed by atoms with van der Waals surface area (Å²) in [6.07, 6.45) is 18.3. The Hall–Kier alpha value is 0.150. The molecule has 0 unspecified atom stereocenters. The minimum Gasteiger partial charge on any atom is -0.324 e. The van der Waals surface area contributed by atoms with Crippen molar-refractivity contribution in [2.24, 2.45) is 0 Å². The molecule has 0 aliphatic carbocycles. The molecule has 0 saturated carbocycles. The highest BCUT2D eigenvalue weighted by molar-refractivity contribution is 7.52. The van der Waals surface area contributed by atoms with Gasteiger partial charge >= 0.3 is 7.60 Å². The molecule has 0 radical (unpaired) electrons. The van der Waals surface area contributed by atoms with Crippen LogP contribution in [0.1, 0.15) is 117 Å². The van der Waals surface area contributed by atoms with Crippen LogP contribution in [0.3, 0.4) is 0 Å². The maximum absolute atomic E-state index is 11.6. The summed E-state index contributed by atoms with van der Waals surface area (Å²) in [7, 11) is -3.91. The molecule has 0 aromatic heterocycles. The molecule has 4 heteroatoms. The second-order valence-corrected chi connectivity index (χ2v) is 8.97. The Kier molecular flexibility index (Phi) is 15.8. The van der Waals surface area contributed by atoms with Crippen molar-refractivity contribution in [2.45, 2.75) is 122 Å². The van der Waals surface area contributed by atoms with Crippen LogP contribution in [0.2, 0.25) is 0 Å². The van der Waals surface area contributed by atoms with Gasteiger partial charge in [-0.25, -0.2) is 0 Å². The van der Waals surface area contributed by atoms with Crippen LogP contribution in [0.25, 0.3) is 0 Å². The molecule has 140 valence electrons.